The fourth-order valence-corrected chi connectivity index (χ4v) is 1.20. The largest absolute Gasteiger partial charge is 0.398 e. The van der Waals surface area contributed by atoms with Crippen molar-refractivity contribution in [2.75, 3.05) is 5.73 Å². The molecular formula is C7H7FIN. The molecule has 0 bridgehead atoms. The van der Waals surface area contributed by atoms with Crippen LogP contribution in [0.1, 0.15) is 5.56 Å². The highest BCUT2D eigenvalue weighted by molar-refractivity contribution is 14.1. The molecule has 1 nitrogen and oxygen atoms in total. The molecule has 0 unspecified atom stereocenters. The number of benzene rings is 1. The third-order valence-corrected chi connectivity index (χ3v) is 1.92. The highest BCUT2D eigenvalue weighted by Crippen LogP contribution is 2.16. The summed E-state index contributed by atoms with van der Waals surface area (Å²) in [6, 6.07) is 5.30. The topological polar surface area (TPSA) is 26.0 Å². The highest BCUT2D eigenvalue weighted by atomic mass is 127. The number of nitrogen functional groups attached to an aromatic ring is 1. The quantitative estimate of drug-likeness (QED) is 0.601. The lowest BCUT2D eigenvalue weighted by Gasteiger charge is -1.99. The van der Waals surface area contributed by atoms with Crippen LogP contribution in [0.4, 0.5) is 10.1 Å². The van der Waals surface area contributed by atoms with Crippen LogP contribution in [0.2, 0.25) is 0 Å². The molecule has 0 spiro atoms. The zero-order valence-corrected chi connectivity index (χ0v) is 7.43. The van der Waals surface area contributed by atoms with E-state index in [1.807, 2.05) is 6.07 Å². The van der Waals surface area contributed by atoms with Gasteiger partial charge in [-0.3, -0.25) is 0 Å². The van der Waals surface area contributed by atoms with Crippen molar-refractivity contribution in [3.8, 4) is 0 Å². The van der Waals surface area contributed by atoms with Crippen molar-refractivity contribution in [1.82, 2.24) is 0 Å². The predicted octanol–water partition coefficient (Wildman–Crippen LogP) is 2.34. The first-order valence-corrected chi connectivity index (χ1v) is 3.92. The van der Waals surface area contributed by atoms with Crippen LogP contribution in [-0.4, -0.2) is 0 Å². The maximum atomic E-state index is 12.0. The van der Waals surface area contributed by atoms with Gasteiger partial charge in [-0.1, -0.05) is 6.07 Å². The molecule has 0 fully saturated rings. The van der Waals surface area contributed by atoms with Gasteiger partial charge >= 0.3 is 0 Å². The van der Waals surface area contributed by atoms with E-state index in [0.29, 0.717) is 11.3 Å². The summed E-state index contributed by atoms with van der Waals surface area (Å²) < 4.78 is 13.1. The molecule has 0 aliphatic rings. The highest BCUT2D eigenvalue weighted by Gasteiger charge is 1.96. The first-order chi connectivity index (χ1) is 4.74. The van der Waals surface area contributed by atoms with Crippen LogP contribution in [-0.2, 0) is 6.67 Å². The summed E-state index contributed by atoms with van der Waals surface area (Å²) in [6.45, 7) is -0.483. The van der Waals surface area contributed by atoms with Gasteiger partial charge in [-0.05, 0) is 34.7 Å². The van der Waals surface area contributed by atoms with Gasteiger partial charge in [-0.15, -0.1) is 0 Å². The summed E-state index contributed by atoms with van der Waals surface area (Å²) in [7, 11) is 0. The number of nitrogens with two attached hydrogens (primary N) is 1. The summed E-state index contributed by atoms with van der Waals surface area (Å²) in [5.41, 5.74) is 6.59. The molecule has 3 heteroatoms. The SMILES string of the molecule is Nc1cc(I)ccc1CF. The van der Waals surface area contributed by atoms with Gasteiger partial charge in [0.1, 0.15) is 6.67 Å². The van der Waals surface area contributed by atoms with Crippen molar-refractivity contribution in [1.29, 1.82) is 0 Å². The monoisotopic (exact) mass is 251 g/mol. The van der Waals surface area contributed by atoms with Crippen LogP contribution in [0.5, 0.6) is 0 Å². The van der Waals surface area contributed by atoms with E-state index in [1.165, 1.54) is 0 Å². The van der Waals surface area contributed by atoms with Crippen molar-refractivity contribution in [2.24, 2.45) is 0 Å². The van der Waals surface area contributed by atoms with Crippen molar-refractivity contribution in [3.05, 3.63) is 27.3 Å². The smallest absolute Gasteiger partial charge is 0.116 e. The molecule has 0 heterocycles. The second-order valence-electron chi connectivity index (χ2n) is 1.98. The van der Waals surface area contributed by atoms with Crippen molar-refractivity contribution in [2.45, 2.75) is 6.67 Å². The van der Waals surface area contributed by atoms with Crippen LogP contribution in [0, 0.1) is 3.57 Å². The zero-order valence-electron chi connectivity index (χ0n) is 5.27. The summed E-state index contributed by atoms with van der Waals surface area (Å²) in [6.07, 6.45) is 0. The molecule has 1 aromatic rings. The Labute approximate surface area is 72.6 Å². The zero-order chi connectivity index (χ0) is 7.56. The average molecular weight is 251 g/mol. The fraction of sp³-hybridized carbons (Fsp3) is 0.143. The van der Waals surface area contributed by atoms with Crippen LogP contribution < -0.4 is 5.73 Å². The number of hydrogen-bond donors (Lipinski definition) is 1. The van der Waals surface area contributed by atoms with Crippen molar-refractivity contribution in [3.63, 3.8) is 0 Å². The number of alkyl halides is 1. The minimum atomic E-state index is -0.483. The minimum absolute atomic E-state index is 0.483. The molecule has 1 aromatic carbocycles. The lowest BCUT2D eigenvalue weighted by atomic mass is 10.2. The number of rotatable bonds is 1. The number of hydrogen-bond acceptors (Lipinski definition) is 1. The average Bonchev–Trinajstić information content (AvgIpc) is 1.88. The standard InChI is InChI=1S/C7H7FIN/c8-4-5-1-2-6(9)3-7(5)10/h1-3H,4,10H2. The Kier molecular flexibility index (Phi) is 2.48. The second kappa shape index (κ2) is 3.18. The number of anilines is 1. The summed E-state index contributed by atoms with van der Waals surface area (Å²) >= 11 is 2.14. The van der Waals surface area contributed by atoms with E-state index in [2.05, 4.69) is 22.6 Å². The second-order valence-corrected chi connectivity index (χ2v) is 3.22. The van der Waals surface area contributed by atoms with Crippen LogP contribution >= 0.6 is 22.6 Å². The molecule has 0 aliphatic carbocycles. The van der Waals surface area contributed by atoms with Gasteiger partial charge in [0, 0.05) is 14.8 Å². The maximum absolute atomic E-state index is 12.0. The van der Waals surface area contributed by atoms with E-state index < -0.39 is 6.67 Å². The lowest BCUT2D eigenvalue weighted by Crippen LogP contribution is -1.91. The first kappa shape index (κ1) is 7.78. The van der Waals surface area contributed by atoms with Crippen molar-refractivity contribution >= 4 is 28.3 Å². The molecule has 0 saturated heterocycles. The molecule has 10 heavy (non-hydrogen) atoms. The van der Waals surface area contributed by atoms with E-state index in [0.717, 1.165) is 3.57 Å². The first-order valence-electron chi connectivity index (χ1n) is 2.84. The number of halogens is 2. The molecule has 1 rings (SSSR count). The van der Waals surface area contributed by atoms with Gasteiger partial charge in [-0.25, -0.2) is 4.39 Å². The minimum Gasteiger partial charge on any atom is -0.398 e. The van der Waals surface area contributed by atoms with Gasteiger partial charge in [0.25, 0.3) is 0 Å². The van der Waals surface area contributed by atoms with E-state index in [-0.39, 0.29) is 0 Å². The summed E-state index contributed by atoms with van der Waals surface area (Å²) in [5, 5.41) is 0. The van der Waals surface area contributed by atoms with Crippen LogP contribution in [0.15, 0.2) is 18.2 Å². The van der Waals surface area contributed by atoms with Crippen molar-refractivity contribution < 1.29 is 4.39 Å². The third-order valence-electron chi connectivity index (χ3n) is 1.25. The van der Waals surface area contributed by atoms with Crippen LogP contribution in [0.3, 0.4) is 0 Å². The third kappa shape index (κ3) is 1.59. The Morgan fingerprint density at radius 3 is 2.70 bits per heavy atom. The Hall–Kier alpha value is -0.320. The summed E-state index contributed by atoms with van der Waals surface area (Å²) in [4.78, 5) is 0. The van der Waals surface area contributed by atoms with E-state index in [9.17, 15) is 4.39 Å². The predicted molar refractivity (Wildman–Crippen MR) is 48.4 cm³/mol. The van der Waals surface area contributed by atoms with Gasteiger partial charge in [-0.2, -0.15) is 0 Å². The molecule has 0 atom stereocenters. The molecule has 54 valence electrons. The molecule has 2 N–H and O–H groups in total. The van der Waals surface area contributed by atoms with E-state index in [4.69, 9.17) is 5.73 Å². The Balaban J connectivity index is 3.07. The Morgan fingerprint density at radius 1 is 1.50 bits per heavy atom. The van der Waals surface area contributed by atoms with Gasteiger partial charge in [0.2, 0.25) is 0 Å². The van der Waals surface area contributed by atoms with Gasteiger partial charge < -0.3 is 5.73 Å². The molecule has 0 aliphatic heterocycles. The maximum Gasteiger partial charge on any atom is 0.116 e. The summed E-state index contributed by atoms with van der Waals surface area (Å²) in [5.74, 6) is 0. The fourth-order valence-electron chi connectivity index (χ4n) is 0.687. The Bertz CT molecular complexity index is 237. The molecule has 0 aromatic heterocycles. The molecule has 0 radical (unpaired) electrons. The normalized spacial score (nSPS) is 9.80. The molecule has 0 amide bonds. The van der Waals surface area contributed by atoms with Gasteiger partial charge in [0.05, 0.1) is 0 Å². The molecular weight excluding hydrogens is 244 g/mol. The lowest BCUT2D eigenvalue weighted by molar-refractivity contribution is 0.486. The van der Waals surface area contributed by atoms with E-state index >= 15 is 0 Å². The molecule has 0 saturated carbocycles. The van der Waals surface area contributed by atoms with Gasteiger partial charge in [0.15, 0.2) is 0 Å². The van der Waals surface area contributed by atoms with Crippen LogP contribution in [0.25, 0.3) is 0 Å². The van der Waals surface area contributed by atoms with E-state index in [1.54, 1.807) is 12.1 Å². The Morgan fingerprint density at radius 2 is 2.20 bits per heavy atom.